The molecule has 152 valence electrons. The van der Waals surface area contributed by atoms with Crippen LogP contribution in [0.15, 0.2) is 70.5 Å². The van der Waals surface area contributed by atoms with Gasteiger partial charge in [-0.25, -0.2) is 21.6 Å². The van der Waals surface area contributed by atoms with Crippen molar-refractivity contribution < 1.29 is 26.7 Å². The number of carboxylic acid groups (broad SMARTS) is 1. The fraction of sp³-hybridized carbons (Fsp3) is 0.278. The molecule has 0 heterocycles. The number of nitrogens with one attached hydrogen (secondary N) is 2. The summed E-state index contributed by atoms with van der Waals surface area (Å²) in [5, 5.41) is 9.82. The van der Waals surface area contributed by atoms with Gasteiger partial charge in [0.05, 0.1) is 9.79 Å². The molecule has 0 spiro atoms. The maximum absolute atomic E-state index is 12.7. The lowest BCUT2D eigenvalue weighted by atomic mass is 10.1. The van der Waals surface area contributed by atoms with Crippen LogP contribution in [0.25, 0.3) is 0 Å². The van der Waals surface area contributed by atoms with Gasteiger partial charge < -0.3 is 5.11 Å². The van der Waals surface area contributed by atoms with Crippen molar-refractivity contribution in [3.05, 3.63) is 60.7 Å². The van der Waals surface area contributed by atoms with Gasteiger partial charge in [0.15, 0.2) is 5.66 Å². The second kappa shape index (κ2) is 8.82. The molecule has 0 fully saturated rings. The van der Waals surface area contributed by atoms with Gasteiger partial charge in [-0.15, -0.1) is 0 Å². The predicted octanol–water partition coefficient (Wildman–Crippen LogP) is 1.91. The molecule has 0 unspecified atom stereocenters. The first-order chi connectivity index (χ1) is 13.1. The lowest BCUT2D eigenvalue weighted by Gasteiger charge is -2.31. The molecule has 2 aromatic carbocycles. The van der Waals surface area contributed by atoms with Crippen molar-refractivity contribution in [3.8, 4) is 0 Å². The molecule has 0 aliphatic rings. The fourth-order valence-corrected chi connectivity index (χ4v) is 5.26. The smallest absolute Gasteiger partial charge is 0.340 e. The van der Waals surface area contributed by atoms with Crippen LogP contribution >= 0.6 is 0 Å². The van der Waals surface area contributed by atoms with Crippen molar-refractivity contribution in [2.45, 2.75) is 41.6 Å². The van der Waals surface area contributed by atoms with Crippen molar-refractivity contribution in [2.24, 2.45) is 0 Å². The first-order valence-corrected chi connectivity index (χ1v) is 11.5. The largest absolute Gasteiger partial charge is 0.479 e. The molecule has 28 heavy (non-hydrogen) atoms. The monoisotopic (exact) mass is 426 g/mol. The first-order valence-electron chi connectivity index (χ1n) is 8.54. The van der Waals surface area contributed by atoms with Gasteiger partial charge in [0.2, 0.25) is 20.0 Å². The van der Waals surface area contributed by atoms with Gasteiger partial charge in [0.25, 0.3) is 0 Å². The standard InChI is InChI=1S/C18H22N2O6S2/c1-2-3-14-18(17(21)22,19-27(23,24)15-10-6-4-7-11-15)20-28(25,26)16-12-8-5-9-13-16/h4-13,19-20H,2-3,14H2,1H3,(H,21,22). The normalized spacial score (nSPS) is 12.6. The summed E-state index contributed by atoms with van der Waals surface area (Å²) in [7, 11) is -8.61. The Balaban J connectivity index is 2.50. The molecule has 3 N–H and O–H groups in total. The summed E-state index contributed by atoms with van der Waals surface area (Å²) >= 11 is 0. The maximum atomic E-state index is 12.7. The summed E-state index contributed by atoms with van der Waals surface area (Å²) in [6, 6.07) is 14.3. The lowest BCUT2D eigenvalue weighted by Crippen LogP contribution is -2.65. The quantitative estimate of drug-likeness (QED) is 0.498. The highest BCUT2D eigenvalue weighted by atomic mass is 32.2. The van der Waals surface area contributed by atoms with Crippen LogP contribution in [0.4, 0.5) is 0 Å². The van der Waals surface area contributed by atoms with Crippen LogP contribution < -0.4 is 9.44 Å². The van der Waals surface area contributed by atoms with Crippen molar-refractivity contribution in [1.29, 1.82) is 0 Å². The van der Waals surface area contributed by atoms with Gasteiger partial charge in [0.1, 0.15) is 0 Å². The minimum atomic E-state index is -4.31. The topological polar surface area (TPSA) is 130 Å². The molecule has 0 bridgehead atoms. The first kappa shape index (κ1) is 22.0. The zero-order valence-corrected chi connectivity index (χ0v) is 16.8. The molecule has 8 nitrogen and oxygen atoms in total. The number of sulfonamides is 2. The van der Waals surface area contributed by atoms with Crippen LogP contribution in [0.5, 0.6) is 0 Å². The molecule has 0 saturated carbocycles. The highest BCUT2D eigenvalue weighted by molar-refractivity contribution is 7.90. The van der Waals surface area contributed by atoms with Gasteiger partial charge in [-0.05, 0) is 37.1 Å². The molecular weight excluding hydrogens is 404 g/mol. The summed E-state index contributed by atoms with van der Waals surface area (Å²) in [6.07, 6.45) is 0.549. The van der Waals surface area contributed by atoms with Crippen LogP contribution in [0, 0.1) is 0 Å². The molecule has 2 rings (SSSR count). The summed E-state index contributed by atoms with van der Waals surface area (Å²) in [4.78, 5) is 11.8. The third-order valence-electron chi connectivity index (χ3n) is 3.99. The Kier molecular flexibility index (Phi) is 6.94. The number of rotatable bonds is 10. The molecular formula is C18H22N2O6S2. The van der Waals surface area contributed by atoms with Crippen LogP contribution in [0.2, 0.25) is 0 Å². The van der Waals surface area contributed by atoms with Crippen LogP contribution in [-0.4, -0.2) is 33.6 Å². The molecule has 0 aliphatic carbocycles. The Labute approximate surface area is 164 Å². The van der Waals surface area contributed by atoms with Gasteiger partial charge in [-0.2, -0.15) is 9.44 Å². The average molecular weight is 427 g/mol. The third kappa shape index (κ3) is 5.16. The summed E-state index contributed by atoms with van der Waals surface area (Å²) in [5.41, 5.74) is -2.43. The van der Waals surface area contributed by atoms with E-state index in [1.807, 2.05) is 0 Å². The van der Waals surface area contributed by atoms with E-state index in [1.165, 1.54) is 48.5 Å². The minimum Gasteiger partial charge on any atom is -0.479 e. The van der Waals surface area contributed by atoms with Crippen LogP contribution in [0.1, 0.15) is 26.2 Å². The zero-order valence-electron chi connectivity index (χ0n) is 15.2. The SMILES string of the molecule is CCCCC(NS(=O)(=O)c1ccccc1)(NS(=O)(=O)c1ccccc1)C(=O)O. The van der Waals surface area contributed by atoms with E-state index >= 15 is 0 Å². The molecule has 0 aromatic heterocycles. The number of benzene rings is 2. The van der Waals surface area contributed by atoms with Gasteiger partial charge in [0, 0.05) is 0 Å². The number of carbonyl (C=O) groups is 1. The summed E-state index contributed by atoms with van der Waals surface area (Å²) < 4.78 is 55.0. The Morgan fingerprint density at radius 1 is 0.857 bits per heavy atom. The van der Waals surface area contributed by atoms with E-state index in [0.717, 1.165) is 0 Å². The highest BCUT2D eigenvalue weighted by Gasteiger charge is 2.45. The number of hydrogen-bond acceptors (Lipinski definition) is 5. The molecule has 2 aromatic rings. The van der Waals surface area contributed by atoms with Crippen molar-refractivity contribution >= 4 is 26.0 Å². The molecule has 0 radical (unpaired) electrons. The van der Waals surface area contributed by atoms with E-state index in [0.29, 0.717) is 6.42 Å². The molecule has 0 aliphatic heterocycles. The molecule has 0 amide bonds. The number of hydrogen-bond donors (Lipinski definition) is 3. The number of aliphatic carboxylic acids is 1. The van der Waals surface area contributed by atoms with E-state index in [9.17, 15) is 26.7 Å². The van der Waals surface area contributed by atoms with Crippen molar-refractivity contribution in [2.75, 3.05) is 0 Å². The van der Waals surface area contributed by atoms with Gasteiger partial charge in [-0.3, -0.25) is 0 Å². The Bertz CT molecular complexity index is 935. The van der Waals surface area contributed by atoms with E-state index in [4.69, 9.17) is 0 Å². The van der Waals surface area contributed by atoms with Crippen molar-refractivity contribution in [3.63, 3.8) is 0 Å². The second-order valence-electron chi connectivity index (χ2n) is 6.15. The van der Waals surface area contributed by atoms with E-state index in [2.05, 4.69) is 9.44 Å². The minimum absolute atomic E-state index is 0.170. The lowest BCUT2D eigenvalue weighted by molar-refractivity contribution is -0.145. The van der Waals surface area contributed by atoms with Crippen molar-refractivity contribution in [1.82, 2.24) is 9.44 Å². The Morgan fingerprint density at radius 3 is 1.57 bits per heavy atom. The van der Waals surface area contributed by atoms with E-state index < -0.39 is 31.7 Å². The van der Waals surface area contributed by atoms with Gasteiger partial charge >= 0.3 is 5.97 Å². The van der Waals surface area contributed by atoms with E-state index in [-0.39, 0.29) is 22.6 Å². The van der Waals surface area contributed by atoms with Crippen LogP contribution in [0.3, 0.4) is 0 Å². The Morgan fingerprint density at radius 2 is 1.25 bits per heavy atom. The second-order valence-corrected chi connectivity index (χ2v) is 9.52. The van der Waals surface area contributed by atoms with Gasteiger partial charge in [-0.1, -0.05) is 49.7 Å². The number of carboxylic acids is 1. The number of unbranched alkanes of at least 4 members (excludes halogenated alkanes) is 1. The summed E-state index contributed by atoms with van der Waals surface area (Å²) in [5.74, 6) is -1.64. The Hall–Kier alpha value is -2.27. The third-order valence-corrected chi connectivity index (χ3v) is 7.01. The molecule has 10 heteroatoms. The van der Waals surface area contributed by atoms with Crippen LogP contribution in [-0.2, 0) is 24.8 Å². The average Bonchev–Trinajstić information content (AvgIpc) is 2.67. The molecule has 0 saturated heterocycles. The molecule has 0 atom stereocenters. The fourth-order valence-electron chi connectivity index (χ4n) is 2.53. The van der Waals surface area contributed by atoms with E-state index in [1.54, 1.807) is 19.1 Å². The summed E-state index contributed by atoms with van der Waals surface area (Å²) in [6.45, 7) is 1.78. The predicted molar refractivity (Wildman–Crippen MR) is 103 cm³/mol. The maximum Gasteiger partial charge on any atom is 0.340 e. The zero-order chi connectivity index (χ0) is 20.8. The highest BCUT2D eigenvalue weighted by Crippen LogP contribution is 2.21.